The average Bonchev–Trinajstić information content (AvgIpc) is 3.38. The molecule has 230 valence electrons. The van der Waals surface area contributed by atoms with Crippen LogP contribution < -0.4 is 37.7 Å². The van der Waals surface area contributed by atoms with Crippen molar-refractivity contribution in [2.24, 2.45) is 16.5 Å². The Labute approximate surface area is 257 Å². The third kappa shape index (κ3) is 8.67. The number of H-pyrrole nitrogens is 1. The van der Waals surface area contributed by atoms with Crippen molar-refractivity contribution in [2.75, 3.05) is 18.0 Å². The Morgan fingerprint density at radius 1 is 1.23 bits per heavy atom. The van der Waals surface area contributed by atoms with E-state index in [1.54, 1.807) is 11.0 Å². The second kappa shape index (κ2) is 15.2. The number of nitrogens with one attached hydrogen (secondary N) is 4. The molecule has 0 bridgehead atoms. The van der Waals surface area contributed by atoms with E-state index < -0.39 is 12.2 Å². The van der Waals surface area contributed by atoms with Crippen LogP contribution in [0.5, 0.6) is 0 Å². The highest BCUT2D eigenvalue weighted by Crippen LogP contribution is 2.29. The molecule has 3 aromatic rings. The number of hydrogen-bond acceptors (Lipinski definition) is 6. The molecule has 2 aromatic carbocycles. The van der Waals surface area contributed by atoms with Crippen LogP contribution in [-0.2, 0) is 6.42 Å². The number of hydrogen-bond donors (Lipinski definition) is 7. The number of guanidine groups is 1. The van der Waals surface area contributed by atoms with Crippen molar-refractivity contribution >= 4 is 29.4 Å². The Bertz CT molecular complexity index is 1520. The number of aryl methyl sites for hydroxylation is 1. The topological polar surface area (TPSA) is 152 Å². The minimum absolute atomic E-state index is 0.0280. The number of aromatic amines is 1. The Morgan fingerprint density at radius 2 is 2.00 bits per heavy atom. The molecule has 9 N–H and O–H groups in total. The van der Waals surface area contributed by atoms with Gasteiger partial charge in [0.25, 0.3) is 0 Å². The lowest BCUT2D eigenvalue weighted by Crippen LogP contribution is -2.41. The van der Waals surface area contributed by atoms with E-state index in [1.165, 1.54) is 0 Å². The number of aliphatic hydroxyl groups excluding tert-OH is 1. The lowest BCUT2D eigenvalue weighted by atomic mass is 10.0. The number of benzene rings is 2. The maximum absolute atomic E-state index is 15.1. The number of anilines is 1. The molecule has 0 radical (unpaired) electrons. The summed E-state index contributed by atoms with van der Waals surface area (Å²) in [5.74, 6) is -0.529. The third-order valence-electron chi connectivity index (χ3n) is 7.41. The molecule has 0 fully saturated rings. The van der Waals surface area contributed by atoms with Gasteiger partial charge in [0.1, 0.15) is 5.49 Å². The number of nitrogens with two attached hydrogens (primary N) is 2. The number of allylic oxidation sites excluding steroid dienone is 1. The van der Waals surface area contributed by atoms with Gasteiger partial charge in [0.2, 0.25) is 6.35 Å². The zero-order valence-electron chi connectivity index (χ0n) is 24.5. The summed E-state index contributed by atoms with van der Waals surface area (Å²) in [4.78, 5) is 9.27. The normalized spacial score (nSPS) is 15.7. The predicted molar refractivity (Wildman–Crippen MR) is 173 cm³/mol. The first-order valence-electron chi connectivity index (χ1n) is 14.7. The molecule has 11 heteroatoms. The molecule has 3 atom stereocenters. The number of rotatable bonds is 15. The van der Waals surface area contributed by atoms with E-state index in [2.05, 4.69) is 27.2 Å². The van der Waals surface area contributed by atoms with Gasteiger partial charge < -0.3 is 37.1 Å². The standard InChI is InChI=1S/C32H42ClFN8O/c1-3-4-9-27(38-14-6-15-39-31(36)37)22-10-12-24(13-11-22)42-19-23-18-28(40-30(23)41-32(42)43)25-16-21(8-5-7-20(2)35)17-26(33)29(25)34/h3,10-13,16-20,27,32,38,43H,1,4-9,14-15,35H2,2H3,(H,40,41)(H4,36,37,39)/t20-,27-,32?/m0/s1. The van der Waals surface area contributed by atoms with Crippen molar-refractivity contribution in [1.82, 2.24) is 15.6 Å². The van der Waals surface area contributed by atoms with Gasteiger partial charge in [-0.15, -0.1) is 6.58 Å². The Hall–Kier alpha value is -3.70. The molecule has 0 aliphatic carbocycles. The molecule has 1 aromatic heterocycles. The van der Waals surface area contributed by atoms with Crippen LogP contribution in [0.15, 0.2) is 60.1 Å². The summed E-state index contributed by atoms with van der Waals surface area (Å²) in [5, 5.41) is 25.3. The Kier molecular flexibility index (Phi) is 11.4. The molecular weight excluding hydrogens is 567 g/mol. The van der Waals surface area contributed by atoms with Crippen molar-refractivity contribution in [2.45, 2.75) is 63.9 Å². The summed E-state index contributed by atoms with van der Waals surface area (Å²) in [7, 11) is 0. The number of halogens is 2. The molecule has 0 amide bonds. The van der Waals surface area contributed by atoms with Crippen molar-refractivity contribution in [3.8, 4) is 11.3 Å². The van der Waals surface area contributed by atoms with E-state index in [0.29, 0.717) is 23.3 Å². The Balaban J connectivity index is 1.52. The van der Waals surface area contributed by atoms with Gasteiger partial charge >= 0.3 is 0 Å². The zero-order chi connectivity index (χ0) is 30.9. The summed E-state index contributed by atoms with van der Waals surface area (Å²) in [6.07, 6.45) is 7.64. The molecule has 0 saturated carbocycles. The minimum atomic E-state index is -1.15. The molecule has 2 heterocycles. The molecule has 1 aliphatic rings. The molecule has 1 aliphatic heterocycles. The first-order chi connectivity index (χ1) is 20.7. The maximum Gasteiger partial charge on any atom is 0.231 e. The van der Waals surface area contributed by atoms with Gasteiger partial charge in [-0.05, 0) is 93.5 Å². The third-order valence-corrected chi connectivity index (χ3v) is 7.69. The van der Waals surface area contributed by atoms with Gasteiger partial charge in [0.15, 0.2) is 11.8 Å². The monoisotopic (exact) mass is 608 g/mol. The quantitative estimate of drug-likeness (QED) is 0.0604. The number of aromatic nitrogens is 1. The van der Waals surface area contributed by atoms with Crippen molar-refractivity contribution < 1.29 is 9.50 Å². The van der Waals surface area contributed by atoms with Gasteiger partial charge in [-0.2, -0.15) is 0 Å². The number of aliphatic hydroxyl groups is 1. The highest BCUT2D eigenvalue weighted by molar-refractivity contribution is 6.31. The smallest absolute Gasteiger partial charge is 0.231 e. The van der Waals surface area contributed by atoms with Gasteiger partial charge in [0, 0.05) is 41.3 Å². The van der Waals surface area contributed by atoms with Gasteiger partial charge in [-0.3, -0.25) is 5.41 Å². The van der Waals surface area contributed by atoms with Crippen LogP contribution in [0, 0.1) is 11.2 Å². The summed E-state index contributed by atoms with van der Waals surface area (Å²) in [5.41, 5.74) is 15.4. The van der Waals surface area contributed by atoms with Crippen molar-refractivity contribution in [1.29, 1.82) is 5.41 Å². The number of fused-ring (bicyclic) bond motifs is 1. The molecule has 0 saturated heterocycles. The highest BCUT2D eigenvalue weighted by Gasteiger charge is 2.20. The molecule has 43 heavy (non-hydrogen) atoms. The molecular formula is C32H42ClFN8O. The lowest BCUT2D eigenvalue weighted by Gasteiger charge is -2.26. The molecule has 4 rings (SSSR count). The van der Waals surface area contributed by atoms with Crippen LogP contribution >= 0.6 is 11.6 Å². The summed E-state index contributed by atoms with van der Waals surface area (Å²) in [6.45, 7) is 7.21. The fourth-order valence-electron chi connectivity index (χ4n) is 5.16. The van der Waals surface area contributed by atoms with Crippen LogP contribution in [0.4, 0.5) is 10.1 Å². The highest BCUT2D eigenvalue weighted by atomic mass is 35.5. The largest absolute Gasteiger partial charge is 0.370 e. The number of nitrogens with zero attached hydrogens (tertiary/aromatic N) is 2. The minimum Gasteiger partial charge on any atom is -0.370 e. The Morgan fingerprint density at radius 3 is 2.70 bits per heavy atom. The summed E-state index contributed by atoms with van der Waals surface area (Å²) < 4.78 is 15.1. The van der Waals surface area contributed by atoms with E-state index >= 15 is 4.39 Å². The zero-order valence-corrected chi connectivity index (χ0v) is 25.3. The predicted octanol–water partition coefficient (Wildman–Crippen LogP) is 3.77. The fourth-order valence-corrected chi connectivity index (χ4v) is 5.41. The van der Waals surface area contributed by atoms with Crippen molar-refractivity contribution in [3.05, 3.63) is 87.8 Å². The van der Waals surface area contributed by atoms with E-state index in [4.69, 9.17) is 28.5 Å². The lowest BCUT2D eigenvalue weighted by molar-refractivity contribution is 0.186. The molecule has 9 nitrogen and oxygen atoms in total. The van der Waals surface area contributed by atoms with E-state index in [1.807, 2.05) is 55.6 Å². The van der Waals surface area contributed by atoms with E-state index in [0.717, 1.165) is 67.1 Å². The van der Waals surface area contributed by atoms with Gasteiger partial charge in [-0.25, -0.2) is 9.38 Å². The van der Waals surface area contributed by atoms with Crippen LogP contribution in [0.3, 0.4) is 0 Å². The van der Waals surface area contributed by atoms with Gasteiger partial charge in [-0.1, -0.05) is 29.8 Å². The first-order valence-corrected chi connectivity index (χ1v) is 15.0. The van der Waals surface area contributed by atoms with Gasteiger partial charge in [0.05, 0.1) is 10.7 Å². The van der Waals surface area contributed by atoms with Crippen LogP contribution in [0.1, 0.15) is 56.2 Å². The van der Waals surface area contributed by atoms with E-state index in [-0.39, 0.29) is 23.1 Å². The summed E-state index contributed by atoms with van der Waals surface area (Å²) in [6, 6.07) is 13.5. The summed E-state index contributed by atoms with van der Waals surface area (Å²) >= 11 is 6.26. The van der Waals surface area contributed by atoms with Crippen LogP contribution in [-0.4, -0.2) is 41.5 Å². The second-order valence-corrected chi connectivity index (χ2v) is 11.4. The maximum atomic E-state index is 15.1. The second-order valence-electron chi connectivity index (χ2n) is 11.0. The average molecular weight is 609 g/mol. The first kappa shape index (κ1) is 32.2. The SMILES string of the molecule is C=CCC[C@H](NCCCNC(=N)N)c1ccc(N2C=c3cc(-c4cc(CCC[C@H](C)N)cc(Cl)c4F)[nH]c3=NC2O)cc1. The van der Waals surface area contributed by atoms with E-state index in [9.17, 15) is 5.11 Å². The molecule has 0 spiro atoms. The van der Waals surface area contributed by atoms with Crippen LogP contribution in [0.2, 0.25) is 5.02 Å². The van der Waals surface area contributed by atoms with Crippen molar-refractivity contribution in [3.63, 3.8) is 0 Å². The van der Waals surface area contributed by atoms with Crippen LogP contribution in [0.25, 0.3) is 17.5 Å². The fraction of sp³-hybridized carbons (Fsp3) is 0.375. The molecule has 1 unspecified atom stereocenters.